The van der Waals surface area contributed by atoms with Crippen LogP contribution in [0.1, 0.15) is 16.7 Å². The Labute approximate surface area is 124 Å². The van der Waals surface area contributed by atoms with E-state index < -0.39 is 10.0 Å². The summed E-state index contributed by atoms with van der Waals surface area (Å²) in [6.45, 7) is 3.04. The van der Waals surface area contributed by atoms with E-state index in [1.807, 2.05) is 19.1 Å². The maximum Gasteiger partial charge on any atom is 0.240 e. The summed E-state index contributed by atoms with van der Waals surface area (Å²) in [7, 11) is -3.51. The third-order valence-electron chi connectivity index (χ3n) is 3.69. The number of nitrogens with one attached hydrogen (secondary N) is 2. The van der Waals surface area contributed by atoms with Gasteiger partial charge in [-0.15, -0.1) is 0 Å². The smallest absolute Gasteiger partial charge is 0.240 e. The lowest BCUT2D eigenvalue weighted by Gasteiger charge is -2.10. The maximum atomic E-state index is 12.4. The Morgan fingerprint density at radius 2 is 2.19 bits per heavy atom. The standard InChI is InChI=1S/C15H17N3O2S/c1-11-9-16-6-4-13(11)10-18-21(19,20)14-3-2-12-5-7-17-15(12)8-14/h2-4,6,8-9,17-18H,5,7,10H2,1H3. The molecular formula is C15H17N3O2S. The number of hydrogen-bond acceptors (Lipinski definition) is 4. The van der Waals surface area contributed by atoms with E-state index in [2.05, 4.69) is 15.0 Å². The first-order valence-electron chi connectivity index (χ1n) is 6.82. The molecule has 0 unspecified atom stereocenters. The fraction of sp³-hybridized carbons (Fsp3) is 0.267. The summed E-state index contributed by atoms with van der Waals surface area (Å²) in [6, 6.07) is 7.06. The van der Waals surface area contributed by atoms with Gasteiger partial charge in [0, 0.05) is 31.2 Å². The van der Waals surface area contributed by atoms with Crippen LogP contribution in [0, 0.1) is 6.92 Å². The van der Waals surface area contributed by atoms with Crippen molar-refractivity contribution < 1.29 is 8.42 Å². The molecule has 21 heavy (non-hydrogen) atoms. The highest BCUT2D eigenvalue weighted by Crippen LogP contribution is 2.25. The lowest BCUT2D eigenvalue weighted by Crippen LogP contribution is -2.23. The van der Waals surface area contributed by atoms with E-state index in [4.69, 9.17) is 0 Å². The van der Waals surface area contributed by atoms with Crippen LogP contribution in [0.2, 0.25) is 0 Å². The Bertz CT molecular complexity index is 772. The van der Waals surface area contributed by atoms with Crippen LogP contribution in [0.15, 0.2) is 41.6 Å². The highest BCUT2D eigenvalue weighted by molar-refractivity contribution is 7.89. The van der Waals surface area contributed by atoms with E-state index in [1.54, 1.807) is 24.5 Å². The van der Waals surface area contributed by atoms with Gasteiger partial charge in [-0.3, -0.25) is 4.98 Å². The number of sulfonamides is 1. The minimum Gasteiger partial charge on any atom is -0.384 e. The Morgan fingerprint density at radius 1 is 1.33 bits per heavy atom. The molecule has 0 bridgehead atoms. The van der Waals surface area contributed by atoms with E-state index in [-0.39, 0.29) is 6.54 Å². The molecule has 1 aliphatic heterocycles. The zero-order chi connectivity index (χ0) is 14.9. The van der Waals surface area contributed by atoms with Crippen LogP contribution in [-0.4, -0.2) is 19.9 Å². The second kappa shape index (κ2) is 5.46. The van der Waals surface area contributed by atoms with Gasteiger partial charge in [0.15, 0.2) is 0 Å². The van der Waals surface area contributed by atoms with Gasteiger partial charge >= 0.3 is 0 Å². The number of hydrogen-bond donors (Lipinski definition) is 2. The topological polar surface area (TPSA) is 71.1 Å². The Hall–Kier alpha value is -1.92. The van der Waals surface area contributed by atoms with E-state index in [9.17, 15) is 8.42 Å². The van der Waals surface area contributed by atoms with Gasteiger partial charge < -0.3 is 5.32 Å². The van der Waals surface area contributed by atoms with E-state index in [0.29, 0.717) is 4.90 Å². The van der Waals surface area contributed by atoms with Crippen molar-refractivity contribution in [1.29, 1.82) is 0 Å². The van der Waals surface area contributed by atoms with E-state index in [1.165, 1.54) is 5.56 Å². The van der Waals surface area contributed by atoms with Crippen LogP contribution >= 0.6 is 0 Å². The van der Waals surface area contributed by atoms with Crippen LogP contribution in [0.5, 0.6) is 0 Å². The molecule has 6 heteroatoms. The largest absolute Gasteiger partial charge is 0.384 e. The first-order chi connectivity index (χ1) is 10.1. The average Bonchev–Trinajstić information content (AvgIpc) is 2.94. The van der Waals surface area contributed by atoms with Crippen molar-refractivity contribution in [3.05, 3.63) is 53.3 Å². The molecule has 2 N–H and O–H groups in total. The molecule has 0 saturated heterocycles. The number of nitrogens with zero attached hydrogens (tertiary/aromatic N) is 1. The Balaban J connectivity index is 1.80. The average molecular weight is 303 g/mol. The van der Waals surface area contributed by atoms with Crippen LogP contribution in [0.25, 0.3) is 0 Å². The molecule has 2 heterocycles. The number of aryl methyl sites for hydroxylation is 1. The van der Waals surface area contributed by atoms with Crippen LogP contribution in [0.3, 0.4) is 0 Å². The highest BCUT2D eigenvalue weighted by Gasteiger charge is 2.18. The fourth-order valence-corrected chi connectivity index (χ4v) is 3.43. The van der Waals surface area contributed by atoms with Crippen molar-refractivity contribution in [2.75, 3.05) is 11.9 Å². The summed E-state index contributed by atoms with van der Waals surface area (Å²) in [5.74, 6) is 0. The van der Waals surface area contributed by atoms with E-state index >= 15 is 0 Å². The van der Waals surface area contributed by atoms with Crippen molar-refractivity contribution in [2.45, 2.75) is 24.8 Å². The number of fused-ring (bicyclic) bond motifs is 1. The van der Waals surface area contributed by atoms with Gasteiger partial charge in [0.25, 0.3) is 0 Å². The van der Waals surface area contributed by atoms with Gasteiger partial charge in [0.1, 0.15) is 0 Å². The Kier molecular flexibility index (Phi) is 3.65. The maximum absolute atomic E-state index is 12.4. The van der Waals surface area contributed by atoms with Gasteiger partial charge in [-0.2, -0.15) is 0 Å². The van der Waals surface area contributed by atoms with Gasteiger partial charge in [0.05, 0.1) is 4.90 Å². The summed E-state index contributed by atoms with van der Waals surface area (Å²) in [6.07, 6.45) is 4.33. The number of benzene rings is 1. The third-order valence-corrected chi connectivity index (χ3v) is 5.09. The Morgan fingerprint density at radius 3 is 3.00 bits per heavy atom. The second-order valence-corrected chi connectivity index (χ2v) is 6.89. The van der Waals surface area contributed by atoms with Crippen molar-refractivity contribution in [3.8, 4) is 0 Å². The first-order valence-corrected chi connectivity index (χ1v) is 8.30. The molecule has 1 aromatic heterocycles. The van der Waals surface area contributed by atoms with Crippen molar-refractivity contribution in [2.24, 2.45) is 0 Å². The molecule has 5 nitrogen and oxygen atoms in total. The fourth-order valence-electron chi connectivity index (χ4n) is 2.39. The summed E-state index contributed by atoms with van der Waals surface area (Å²) >= 11 is 0. The number of aromatic nitrogens is 1. The van der Waals surface area contributed by atoms with E-state index in [0.717, 1.165) is 29.8 Å². The van der Waals surface area contributed by atoms with Crippen LogP contribution < -0.4 is 10.0 Å². The van der Waals surface area contributed by atoms with Gasteiger partial charge in [0.2, 0.25) is 10.0 Å². The zero-order valence-corrected chi connectivity index (χ0v) is 12.6. The number of anilines is 1. The molecule has 1 aromatic carbocycles. The minimum atomic E-state index is -3.51. The van der Waals surface area contributed by atoms with Crippen LogP contribution in [-0.2, 0) is 23.0 Å². The minimum absolute atomic E-state index is 0.265. The molecular weight excluding hydrogens is 286 g/mol. The predicted molar refractivity (Wildman–Crippen MR) is 81.6 cm³/mol. The number of rotatable bonds is 4. The number of pyridine rings is 1. The molecule has 0 spiro atoms. The first kappa shape index (κ1) is 14.0. The molecule has 110 valence electrons. The zero-order valence-electron chi connectivity index (χ0n) is 11.8. The molecule has 0 fully saturated rings. The molecule has 0 atom stereocenters. The summed E-state index contributed by atoms with van der Waals surface area (Å²) in [4.78, 5) is 4.30. The van der Waals surface area contributed by atoms with Crippen molar-refractivity contribution in [1.82, 2.24) is 9.71 Å². The lowest BCUT2D eigenvalue weighted by molar-refractivity contribution is 0.581. The van der Waals surface area contributed by atoms with Crippen molar-refractivity contribution in [3.63, 3.8) is 0 Å². The molecule has 0 aliphatic carbocycles. The summed E-state index contributed by atoms with van der Waals surface area (Å²) < 4.78 is 27.4. The molecule has 3 rings (SSSR count). The van der Waals surface area contributed by atoms with Gasteiger partial charge in [-0.1, -0.05) is 6.07 Å². The molecule has 1 aliphatic rings. The molecule has 0 amide bonds. The second-order valence-electron chi connectivity index (χ2n) is 5.12. The van der Waals surface area contributed by atoms with Gasteiger partial charge in [-0.25, -0.2) is 13.1 Å². The van der Waals surface area contributed by atoms with Crippen molar-refractivity contribution >= 4 is 15.7 Å². The van der Waals surface area contributed by atoms with Gasteiger partial charge in [-0.05, 0) is 48.2 Å². The third kappa shape index (κ3) is 2.91. The lowest BCUT2D eigenvalue weighted by atomic mass is 10.2. The molecule has 2 aromatic rings. The normalized spacial score (nSPS) is 13.8. The SMILES string of the molecule is Cc1cnccc1CNS(=O)(=O)c1ccc2c(c1)NCC2. The molecule has 0 saturated carbocycles. The molecule has 0 radical (unpaired) electrons. The highest BCUT2D eigenvalue weighted by atomic mass is 32.2. The predicted octanol–water partition coefficient (Wildman–Crippen LogP) is 1.84. The summed E-state index contributed by atoms with van der Waals surface area (Å²) in [5, 5.41) is 3.20. The quantitative estimate of drug-likeness (QED) is 0.904. The summed E-state index contributed by atoms with van der Waals surface area (Å²) in [5.41, 5.74) is 3.97. The van der Waals surface area contributed by atoms with Crippen LogP contribution in [0.4, 0.5) is 5.69 Å². The monoisotopic (exact) mass is 303 g/mol.